The van der Waals surface area contributed by atoms with E-state index in [4.69, 9.17) is 9.47 Å². The van der Waals surface area contributed by atoms with Crippen molar-refractivity contribution in [1.82, 2.24) is 0 Å². The molecule has 4 nitrogen and oxygen atoms in total. The van der Waals surface area contributed by atoms with Crippen LogP contribution in [0.3, 0.4) is 0 Å². The second-order valence-electron chi connectivity index (χ2n) is 7.17. The number of methoxy groups -OCH3 is 1. The lowest BCUT2D eigenvalue weighted by Gasteiger charge is -2.33. The van der Waals surface area contributed by atoms with Gasteiger partial charge in [-0.3, -0.25) is 4.79 Å². The van der Waals surface area contributed by atoms with Crippen LogP contribution in [0.1, 0.15) is 38.8 Å². The van der Waals surface area contributed by atoms with E-state index in [-0.39, 0.29) is 18.1 Å². The summed E-state index contributed by atoms with van der Waals surface area (Å²) < 4.78 is 10.9. The van der Waals surface area contributed by atoms with E-state index in [1.807, 2.05) is 24.3 Å². The zero-order chi connectivity index (χ0) is 18.9. The Morgan fingerprint density at radius 2 is 1.85 bits per heavy atom. The zero-order valence-electron chi connectivity index (χ0n) is 16.0. The minimum atomic E-state index is -0.292. The Morgan fingerprint density at radius 1 is 1.12 bits per heavy atom. The lowest BCUT2D eigenvalue weighted by Crippen LogP contribution is -2.32. The van der Waals surface area contributed by atoms with Crippen molar-refractivity contribution < 1.29 is 14.3 Å². The number of allylic oxidation sites excluding steroid dienone is 1. The smallest absolute Gasteiger partial charge is 0.302 e. The summed E-state index contributed by atoms with van der Waals surface area (Å²) in [6.07, 6.45) is 2.21. The third-order valence-corrected chi connectivity index (χ3v) is 4.56. The van der Waals surface area contributed by atoms with E-state index >= 15 is 0 Å². The molecule has 0 amide bonds. The van der Waals surface area contributed by atoms with Gasteiger partial charge < -0.3 is 14.8 Å². The highest BCUT2D eigenvalue weighted by Crippen LogP contribution is 2.42. The molecule has 2 aromatic rings. The van der Waals surface area contributed by atoms with Crippen molar-refractivity contribution in [1.29, 1.82) is 0 Å². The van der Waals surface area contributed by atoms with Gasteiger partial charge in [0.1, 0.15) is 12.4 Å². The number of anilines is 1. The molecule has 0 unspecified atom stereocenters. The molecule has 0 bridgehead atoms. The van der Waals surface area contributed by atoms with Crippen LogP contribution < -0.4 is 10.1 Å². The highest BCUT2D eigenvalue weighted by atomic mass is 16.5. The van der Waals surface area contributed by atoms with Crippen LogP contribution in [-0.4, -0.2) is 18.6 Å². The fraction of sp³-hybridized carbons (Fsp3) is 0.318. The lowest BCUT2D eigenvalue weighted by atomic mass is 9.85. The van der Waals surface area contributed by atoms with E-state index in [0.717, 1.165) is 33.7 Å². The number of ether oxygens (including phenoxy) is 2. The number of fused-ring (bicyclic) bond motifs is 1. The van der Waals surface area contributed by atoms with Gasteiger partial charge in [-0.05, 0) is 44.0 Å². The number of benzene rings is 2. The first-order valence-corrected chi connectivity index (χ1v) is 8.73. The fourth-order valence-electron chi connectivity index (χ4n) is 3.64. The number of para-hydroxylation sites is 1. The monoisotopic (exact) mass is 351 g/mol. The highest BCUT2D eigenvalue weighted by molar-refractivity contribution is 5.88. The van der Waals surface area contributed by atoms with Crippen LogP contribution >= 0.6 is 0 Å². The van der Waals surface area contributed by atoms with E-state index < -0.39 is 0 Å². The average Bonchev–Trinajstić information content (AvgIpc) is 2.58. The Bertz CT molecular complexity index is 881. The van der Waals surface area contributed by atoms with Crippen molar-refractivity contribution in [2.45, 2.75) is 39.8 Å². The molecule has 1 aliphatic heterocycles. The van der Waals surface area contributed by atoms with Crippen molar-refractivity contribution in [2.75, 3.05) is 12.4 Å². The molecule has 0 saturated heterocycles. The van der Waals surface area contributed by atoms with Crippen molar-refractivity contribution in [3.8, 4) is 16.9 Å². The van der Waals surface area contributed by atoms with Gasteiger partial charge in [-0.15, -0.1) is 0 Å². The molecule has 3 rings (SSSR count). The molecule has 0 spiro atoms. The van der Waals surface area contributed by atoms with Crippen molar-refractivity contribution in [2.24, 2.45) is 0 Å². The predicted octanol–water partition coefficient (Wildman–Crippen LogP) is 5.03. The Morgan fingerprint density at radius 3 is 2.54 bits per heavy atom. The van der Waals surface area contributed by atoms with E-state index in [2.05, 4.69) is 44.3 Å². The van der Waals surface area contributed by atoms with Gasteiger partial charge >= 0.3 is 5.97 Å². The van der Waals surface area contributed by atoms with Crippen LogP contribution in [-0.2, 0) is 16.1 Å². The molecule has 1 N–H and O–H groups in total. The summed E-state index contributed by atoms with van der Waals surface area (Å²) >= 11 is 0. The summed E-state index contributed by atoms with van der Waals surface area (Å²) in [6.45, 7) is 8.03. The summed E-state index contributed by atoms with van der Waals surface area (Å²) in [5.74, 6) is 0.501. The zero-order valence-corrected chi connectivity index (χ0v) is 16.0. The molecular weight excluding hydrogens is 326 g/mol. The standard InChI is InChI=1S/C22H25NO3/c1-14-12-22(3,4)23-19-11-10-16(17-8-6-7-9-20(17)25-5)18(21(14)19)13-26-15(2)24/h6-12,23H,13H2,1-5H3. The predicted molar refractivity (Wildman–Crippen MR) is 105 cm³/mol. The summed E-state index contributed by atoms with van der Waals surface area (Å²) in [6, 6.07) is 12.0. The third kappa shape index (κ3) is 3.45. The van der Waals surface area contributed by atoms with Gasteiger partial charge in [0.05, 0.1) is 12.6 Å². The molecule has 0 radical (unpaired) electrons. The van der Waals surface area contributed by atoms with Crippen molar-refractivity contribution in [3.63, 3.8) is 0 Å². The van der Waals surface area contributed by atoms with Crippen LogP contribution in [0.2, 0.25) is 0 Å². The molecule has 0 aromatic heterocycles. The normalized spacial score (nSPS) is 14.7. The first kappa shape index (κ1) is 18.1. The van der Waals surface area contributed by atoms with Crippen molar-refractivity contribution in [3.05, 3.63) is 53.6 Å². The number of hydrogen-bond donors (Lipinski definition) is 1. The highest BCUT2D eigenvalue weighted by Gasteiger charge is 2.26. The molecule has 0 atom stereocenters. The Labute approximate surface area is 154 Å². The third-order valence-electron chi connectivity index (χ3n) is 4.56. The van der Waals surface area contributed by atoms with Crippen LogP contribution in [0.25, 0.3) is 16.7 Å². The number of esters is 1. The maximum atomic E-state index is 11.5. The van der Waals surface area contributed by atoms with Crippen molar-refractivity contribution >= 4 is 17.2 Å². The summed E-state index contributed by atoms with van der Waals surface area (Å²) in [7, 11) is 1.66. The fourth-order valence-corrected chi connectivity index (χ4v) is 3.64. The van der Waals surface area contributed by atoms with Crippen LogP contribution in [0.5, 0.6) is 5.75 Å². The van der Waals surface area contributed by atoms with Crippen LogP contribution in [0, 0.1) is 0 Å². The van der Waals surface area contributed by atoms with E-state index in [9.17, 15) is 4.79 Å². The summed E-state index contributed by atoms with van der Waals surface area (Å²) in [5, 5.41) is 3.55. The molecule has 0 aliphatic carbocycles. The SMILES string of the molecule is COc1ccccc1-c1ccc2c(c1COC(C)=O)C(C)=CC(C)(C)N2. The van der Waals surface area contributed by atoms with Gasteiger partial charge in [-0.1, -0.05) is 30.3 Å². The van der Waals surface area contributed by atoms with Gasteiger partial charge in [-0.25, -0.2) is 0 Å². The Kier molecular flexibility index (Phi) is 4.77. The Hall–Kier alpha value is -2.75. The van der Waals surface area contributed by atoms with Gasteiger partial charge in [0, 0.05) is 29.3 Å². The first-order chi connectivity index (χ1) is 12.3. The van der Waals surface area contributed by atoms with E-state index in [1.54, 1.807) is 7.11 Å². The molecular formula is C22H25NO3. The second kappa shape index (κ2) is 6.87. The molecule has 136 valence electrons. The van der Waals surface area contributed by atoms with Gasteiger partial charge in [-0.2, -0.15) is 0 Å². The summed E-state index contributed by atoms with van der Waals surface area (Å²) in [4.78, 5) is 11.5. The first-order valence-electron chi connectivity index (χ1n) is 8.73. The number of nitrogens with one attached hydrogen (secondary N) is 1. The molecule has 1 heterocycles. The van der Waals surface area contributed by atoms with Gasteiger partial charge in [0.15, 0.2) is 0 Å². The number of carbonyl (C=O) groups excluding carboxylic acids is 1. The van der Waals surface area contributed by atoms with Crippen LogP contribution in [0.15, 0.2) is 42.5 Å². The van der Waals surface area contributed by atoms with Crippen LogP contribution in [0.4, 0.5) is 5.69 Å². The number of carbonyl (C=O) groups is 1. The average molecular weight is 351 g/mol. The topological polar surface area (TPSA) is 47.6 Å². The number of rotatable bonds is 4. The molecule has 4 heteroatoms. The molecule has 2 aromatic carbocycles. The molecule has 0 fully saturated rings. The van der Waals surface area contributed by atoms with E-state index in [0.29, 0.717) is 0 Å². The lowest BCUT2D eigenvalue weighted by molar-refractivity contribution is -0.142. The summed E-state index contributed by atoms with van der Waals surface area (Å²) in [5.41, 5.74) is 6.17. The minimum Gasteiger partial charge on any atom is -0.496 e. The minimum absolute atomic E-state index is 0.123. The second-order valence-corrected chi connectivity index (χ2v) is 7.17. The van der Waals surface area contributed by atoms with Gasteiger partial charge in [0.2, 0.25) is 0 Å². The number of hydrogen-bond acceptors (Lipinski definition) is 4. The molecule has 0 saturated carbocycles. The molecule has 1 aliphatic rings. The Balaban J connectivity index is 2.23. The quantitative estimate of drug-likeness (QED) is 0.785. The largest absolute Gasteiger partial charge is 0.496 e. The van der Waals surface area contributed by atoms with E-state index in [1.165, 1.54) is 12.5 Å². The molecule has 26 heavy (non-hydrogen) atoms. The maximum Gasteiger partial charge on any atom is 0.302 e. The maximum absolute atomic E-state index is 11.5. The van der Waals surface area contributed by atoms with Gasteiger partial charge in [0.25, 0.3) is 0 Å².